The Morgan fingerprint density at radius 1 is 1.41 bits per heavy atom. The Morgan fingerprint density at radius 3 is 2.94 bits per heavy atom. The number of nitrogens with one attached hydrogen (secondary N) is 1. The van der Waals surface area contributed by atoms with E-state index in [1.54, 1.807) is 6.20 Å². The Bertz CT molecular complexity index is 352. The lowest BCUT2D eigenvalue weighted by Gasteiger charge is -2.06. The van der Waals surface area contributed by atoms with Gasteiger partial charge in [-0.3, -0.25) is 9.78 Å². The van der Waals surface area contributed by atoms with Gasteiger partial charge in [0.25, 0.3) is 0 Å². The molecule has 0 aliphatic carbocycles. The van der Waals surface area contributed by atoms with Crippen molar-refractivity contribution in [3.63, 3.8) is 0 Å². The lowest BCUT2D eigenvalue weighted by molar-refractivity contribution is -0.121. The van der Waals surface area contributed by atoms with Gasteiger partial charge in [0.2, 0.25) is 5.91 Å². The van der Waals surface area contributed by atoms with Gasteiger partial charge in [-0.1, -0.05) is 12.5 Å². The highest BCUT2D eigenvalue weighted by Gasteiger charge is 2.03. The minimum absolute atomic E-state index is 0.0899. The van der Waals surface area contributed by atoms with Gasteiger partial charge in [0.05, 0.1) is 12.2 Å². The number of aryl methyl sites for hydroxylation is 1. The minimum atomic E-state index is 0.0899. The summed E-state index contributed by atoms with van der Waals surface area (Å²) in [6, 6.07) is 3.89. The lowest BCUT2D eigenvalue weighted by atomic mass is 10.2. The molecule has 4 heteroatoms. The van der Waals surface area contributed by atoms with Crippen LogP contribution in [-0.2, 0) is 11.3 Å². The maximum Gasteiger partial charge on any atom is 0.220 e. The van der Waals surface area contributed by atoms with E-state index in [1.807, 2.05) is 19.1 Å². The number of nitrogens with two attached hydrogens (primary N) is 1. The predicted octanol–water partition coefficient (Wildman–Crippen LogP) is 1.53. The van der Waals surface area contributed by atoms with Crippen LogP contribution in [0.3, 0.4) is 0 Å². The standard InChI is InChI=1S/C13H21N3O/c1-11-6-5-9-15-12(11)10-16-13(17)7-3-2-4-8-14/h5-6,9H,2-4,7-8,10,14H2,1H3,(H,16,17). The molecule has 94 valence electrons. The van der Waals surface area contributed by atoms with Crippen LogP contribution in [0.2, 0.25) is 0 Å². The molecule has 0 unspecified atom stereocenters. The molecule has 0 aromatic carbocycles. The molecule has 1 rings (SSSR count). The average Bonchev–Trinajstić information content (AvgIpc) is 2.34. The number of amides is 1. The van der Waals surface area contributed by atoms with E-state index in [1.165, 1.54) is 0 Å². The van der Waals surface area contributed by atoms with Crippen LogP contribution in [0.5, 0.6) is 0 Å². The third-order valence-corrected chi connectivity index (χ3v) is 2.68. The molecule has 1 heterocycles. The number of pyridine rings is 1. The number of carbonyl (C=O) groups is 1. The van der Waals surface area contributed by atoms with Crippen molar-refractivity contribution in [1.82, 2.24) is 10.3 Å². The molecule has 1 amide bonds. The molecule has 1 aromatic heterocycles. The lowest BCUT2D eigenvalue weighted by Crippen LogP contribution is -2.23. The fourth-order valence-electron chi connectivity index (χ4n) is 1.58. The molecule has 0 saturated carbocycles. The summed E-state index contributed by atoms with van der Waals surface area (Å²) in [7, 11) is 0. The van der Waals surface area contributed by atoms with E-state index < -0.39 is 0 Å². The fraction of sp³-hybridized carbons (Fsp3) is 0.538. The molecule has 0 aliphatic rings. The van der Waals surface area contributed by atoms with Crippen molar-refractivity contribution in [3.05, 3.63) is 29.6 Å². The molecule has 1 aromatic rings. The number of aromatic nitrogens is 1. The zero-order chi connectivity index (χ0) is 12.5. The Balaban J connectivity index is 2.22. The van der Waals surface area contributed by atoms with Gasteiger partial charge in [0.15, 0.2) is 0 Å². The summed E-state index contributed by atoms with van der Waals surface area (Å²) in [6.45, 7) is 3.22. The summed E-state index contributed by atoms with van der Waals surface area (Å²) in [5, 5.41) is 2.88. The largest absolute Gasteiger partial charge is 0.350 e. The Labute approximate surface area is 103 Å². The molecule has 0 aliphatic heterocycles. The van der Waals surface area contributed by atoms with Crippen LogP contribution in [-0.4, -0.2) is 17.4 Å². The number of carbonyl (C=O) groups excluding carboxylic acids is 1. The highest BCUT2D eigenvalue weighted by molar-refractivity contribution is 5.75. The van der Waals surface area contributed by atoms with Gasteiger partial charge in [-0.05, 0) is 37.9 Å². The van der Waals surface area contributed by atoms with E-state index in [4.69, 9.17) is 5.73 Å². The fourth-order valence-corrected chi connectivity index (χ4v) is 1.58. The van der Waals surface area contributed by atoms with Crippen molar-refractivity contribution in [2.24, 2.45) is 5.73 Å². The van der Waals surface area contributed by atoms with E-state index in [0.29, 0.717) is 19.5 Å². The first kappa shape index (κ1) is 13.6. The van der Waals surface area contributed by atoms with E-state index in [-0.39, 0.29) is 5.91 Å². The second kappa shape index (κ2) is 7.79. The van der Waals surface area contributed by atoms with E-state index in [2.05, 4.69) is 10.3 Å². The Morgan fingerprint density at radius 2 is 2.24 bits per heavy atom. The van der Waals surface area contributed by atoms with Crippen LogP contribution in [0.1, 0.15) is 36.9 Å². The number of hydrogen-bond acceptors (Lipinski definition) is 3. The third kappa shape index (κ3) is 5.45. The average molecular weight is 235 g/mol. The Hall–Kier alpha value is -1.42. The summed E-state index contributed by atoms with van der Waals surface area (Å²) >= 11 is 0. The van der Waals surface area contributed by atoms with Crippen molar-refractivity contribution in [3.8, 4) is 0 Å². The van der Waals surface area contributed by atoms with Crippen LogP contribution in [0.4, 0.5) is 0 Å². The molecule has 0 radical (unpaired) electrons. The van der Waals surface area contributed by atoms with Crippen molar-refractivity contribution in [2.45, 2.75) is 39.2 Å². The van der Waals surface area contributed by atoms with Gasteiger partial charge in [-0.2, -0.15) is 0 Å². The molecule has 17 heavy (non-hydrogen) atoms. The summed E-state index contributed by atoms with van der Waals surface area (Å²) in [4.78, 5) is 15.7. The summed E-state index contributed by atoms with van der Waals surface area (Å²) < 4.78 is 0. The number of rotatable bonds is 7. The molecule has 0 fully saturated rings. The van der Waals surface area contributed by atoms with Crippen molar-refractivity contribution < 1.29 is 4.79 Å². The zero-order valence-electron chi connectivity index (χ0n) is 10.4. The molecule has 3 N–H and O–H groups in total. The van der Waals surface area contributed by atoms with E-state index in [9.17, 15) is 4.79 Å². The molecule has 4 nitrogen and oxygen atoms in total. The van der Waals surface area contributed by atoms with E-state index >= 15 is 0 Å². The van der Waals surface area contributed by atoms with Gasteiger partial charge in [-0.15, -0.1) is 0 Å². The second-order valence-corrected chi connectivity index (χ2v) is 4.14. The van der Waals surface area contributed by atoms with Gasteiger partial charge < -0.3 is 11.1 Å². The summed E-state index contributed by atoms with van der Waals surface area (Å²) in [6.07, 6.45) is 5.24. The molecule has 0 saturated heterocycles. The topological polar surface area (TPSA) is 68.0 Å². The monoisotopic (exact) mass is 235 g/mol. The molecular weight excluding hydrogens is 214 g/mol. The van der Waals surface area contributed by atoms with Gasteiger partial charge in [0.1, 0.15) is 0 Å². The second-order valence-electron chi connectivity index (χ2n) is 4.14. The maximum absolute atomic E-state index is 11.5. The number of hydrogen-bond donors (Lipinski definition) is 2. The molecule has 0 atom stereocenters. The number of nitrogens with zero attached hydrogens (tertiary/aromatic N) is 1. The molecule has 0 bridgehead atoms. The van der Waals surface area contributed by atoms with Gasteiger partial charge in [0, 0.05) is 12.6 Å². The van der Waals surface area contributed by atoms with E-state index in [0.717, 1.165) is 30.5 Å². The first-order valence-corrected chi connectivity index (χ1v) is 6.11. The SMILES string of the molecule is Cc1cccnc1CNC(=O)CCCCCN. The van der Waals surface area contributed by atoms with Crippen LogP contribution in [0.25, 0.3) is 0 Å². The highest BCUT2D eigenvalue weighted by Crippen LogP contribution is 2.03. The normalized spacial score (nSPS) is 10.2. The maximum atomic E-state index is 11.5. The van der Waals surface area contributed by atoms with Crippen LogP contribution < -0.4 is 11.1 Å². The smallest absolute Gasteiger partial charge is 0.220 e. The Kier molecular flexibility index (Phi) is 6.25. The highest BCUT2D eigenvalue weighted by atomic mass is 16.1. The van der Waals surface area contributed by atoms with Gasteiger partial charge in [-0.25, -0.2) is 0 Å². The first-order chi connectivity index (χ1) is 8.24. The molecular formula is C13H21N3O. The third-order valence-electron chi connectivity index (χ3n) is 2.68. The predicted molar refractivity (Wildman–Crippen MR) is 68.3 cm³/mol. The van der Waals surface area contributed by atoms with Crippen molar-refractivity contribution in [1.29, 1.82) is 0 Å². The minimum Gasteiger partial charge on any atom is -0.350 e. The van der Waals surface area contributed by atoms with Crippen molar-refractivity contribution >= 4 is 5.91 Å². The van der Waals surface area contributed by atoms with Crippen LogP contribution in [0.15, 0.2) is 18.3 Å². The summed E-state index contributed by atoms with van der Waals surface area (Å²) in [5.41, 5.74) is 7.43. The number of unbranched alkanes of at least 4 members (excludes halogenated alkanes) is 2. The quantitative estimate of drug-likeness (QED) is 0.704. The van der Waals surface area contributed by atoms with Gasteiger partial charge >= 0.3 is 0 Å². The zero-order valence-corrected chi connectivity index (χ0v) is 10.4. The van der Waals surface area contributed by atoms with Crippen LogP contribution in [0, 0.1) is 6.92 Å². The van der Waals surface area contributed by atoms with Crippen molar-refractivity contribution in [2.75, 3.05) is 6.54 Å². The molecule has 0 spiro atoms. The first-order valence-electron chi connectivity index (χ1n) is 6.11. The van der Waals surface area contributed by atoms with Crippen LogP contribution >= 0.6 is 0 Å². The summed E-state index contributed by atoms with van der Waals surface area (Å²) in [5.74, 6) is 0.0899.